The van der Waals surface area contributed by atoms with E-state index in [1.54, 1.807) is 0 Å². The second kappa shape index (κ2) is 67.5. The fraction of sp³-hybridized carbons (Fsp3) is 0.948. The van der Waals surface area contributed by atoms with Gasteiger partial charge in [0, 0.05) is 25.7 Å². The van der Waals surface area contributed by atoms with Crippen molar-refractivity contribution in [2.75, 3.05) is 39.6 Å². The summed E-state index contributed by atoms with van der Waals surface area (Å²) in [4.78, 5) is 72.8. The van der Waals surface area contributed by atoms with Crippen LogP contribution in [0.2, 0.25) is 0 Å². The Kier molecular flexibility index (Phi) is 66.2. The number of phosphoric ester groups is 2. The molecule has 96 heavy (non-hydrogen) atoms. The number of hydrogen-bond acceptors (Lipinski definition) is 15. The number of ether oxygens (including phenoxy) is 4. The van der Waals surface area contributed by atoms with E-state index in [0.29, 0.717) is 25.7 Å². The number of hydrogen-bond donors (Lipinski definition) is 3. The smallest absolute Gasteiger partial charge is 0.462 e. The van der Waals surface area contributed by atoms with Gasteiger partial charge < -0.3 is 33.8 Å². The molecule has 0 aliphatic heterocycles. The fourth-order valence-corrected chi connectivity index (χ4v) is 13.3. The van der Waals surface area contributed by atoms with Gasteiger partial charge in [-0.25, -0.2) is 9.13 Å². The molecule has 8 atom stereocenters. The lowest BCUT2D eigenvalue weighted by Crippen LogP contribution is -2.30. The van der Waals surface area contributed by atoms with Crippen LogP contribution < -0.4 is 0 Å². The normalized spacial score (nSPS) is 14.9. The van der Waals surface area contributed by atoms with E-state index < -0.39 is 97.5 Å². The van der Waals surface area contributed by atoms with E-state index in [4.69, 9.17) is 37.0 Å². The maximum Gasteiger partial charge on any atom is 0.472 e. The van der Waals surface area contributed by atoms with E-state index in [9.17, 15) is 43.2 Å². The van der Waals surface area contributed by atoms with Gasteiger partial charge in [0.05, 0.1) is 26.4 Å². The molecule has 17 nitrogen and oxygen atoms in total. The maximum absolute atomic E-state index is 13.1. The van der Waals surface area contributed by atoms with E-state index in [0.717, 1.165) is 114 Å². The molecule has 0 amide bonds. The second-order valence-electron chi connectivity index (χ2n) is 28.5. The van der Waals surface area contributed by atoms with Gasteiger partial charge in [-0.05, 0) is 43.4 Å². The lowest BCUT2D eigenvalue weighted by atomic mass is 9.99. The first-order chi connectivity index (χ1) is 46.3. The van der Waals surface area contributed by atoms with Gasteiger partial charge in [0.25, 0.3) is 0 Å². The Hall–Kier alpha value is -1.94. The van der Waals surface area contributed by atoms with Gasteiger partial charge in [-0.1, -0.05) is 344 Å². The number of carbonyl (C=O) groups excluding carboxylic acids is 4. The highest BCUT2D eigenvalue weighted by Crippen LogP contribution is 2.45. The van der Waals surface area contributed by atoms with Crippen molar-refractivity contribution in [2.45, 2.75) is 414 Å². The van der Waals surface area contributed by atoms with Crippen LogP contribution in [0.3, 0.4) is 0 Å². The third kappa shape index (κ3) is 66.6. The predicted molar refractivity (Wildman–Crippen MR) is 391 cm³/mol. The standard InChI is InChI=1S/C77H150O17P2/c1-8-12-13-14-15-16-17-18-19-20-21-22-23-24-25-26-27-28-33-36-46-53-60-76(81)93-72(64-87-74(79)58-51-44-35-32-30-29-31-34-41-48-55-68(5)9-2)66-91-95(83,84)89-62-71(78)63-90-96(85,86)92-67-73(94-77(82)61-54-47-40-38-43-50-57-70(7)11-4)65-88-75(80)59-52-45-39-37-42-49-56-69(6)10-3/h68-73,78H,8-67H2,1-7H3,(H,83,84)(H,85,86)/t68?,69?,70?,71-,72-,73-/m1/s1. The minimum Gasteiger partial charge on any atom is -0.462 e. The Morgan fingerprint density at radius 1 is 0.292 bits per heavy atom. The number of aliphatic hydroxyl groups excluding tert-OH is 1. The van der Waals surface area contributed by atoms with Crippen LogP contribution in [0.4, 0.5) is 0 Å². The third-order valence-corrected chi connectivity index (χ3v) is 20.9. The van der Waals surface area contributed by atoms with Crippen LogP contribution in [0, 0.1) is 17.8 Å². The molecule has 0 aliphatic carbocycles. The first kappa shape index (κ1) is 94.1. The van der Waals surface area contributed by atoms with E-state index in [-0.39, 0.29) is 25.7 Å². The van der Waals surface area contributed by atoms with Crippen LogP contribution >= 0.6 is 15.6 Å². The lowest BCUT2D eigenvalue weighted by molar-refractivity contribution is -0.161. The fourth-order valence-electron chi connectivity index (χ4n) is 11.7. The number of phosphoric acid groups is 2. The van der Waals surface area contributed by atoms with E-state index in [2.05, 4.69) is 48.5 Å². The topological polar surface area (TPSA) is 237 Å². The lowest BCUT2D eigenvalue weighted by Gasteiger charge is -2.21. The zero-order chi connectivity index (χ0) is 70.9. The minimum atomic E-state index is -4.96. The highest BCUT2D eigenvalue weighted by Gasteiger charge is 2.30. The highest BCUT2D eigenvalue weighted by atomic mass is 31.2. The van der Waals surface area contributed by atoms with Crippen molar-refractivity contribution in [3.8, 4) is 0 Å². The van der Waals surface area contributed by atoms with E-state index in [1.807, 2.05) is 0 Å². The second-order valence-corrected chi connectivity index (χ2v) is 31.4. The molecular weight excluding hydrogens is 1260 g/mol. The van der Waals surface area contributed by atoms with Crippen LogP contribution in [0.15, 0.2) is 0 Å². The molecule has 0 aromatic heterocycles. The summed E-state index contributed by atoms with van der Waals surface area (Å²) in [5.41, 5.74) is 0. The van der Waals surface area contributed by atoms with Crippen molar-refractivity contribution in [1.82, 2.24) is 0 Å². The van der Waals surface area contributed by atoms with Gasteiger partial charge in [-0.3, -0.25) is 37.3 Å². The highest BCUT2D eigenvalue weighted by molar-refractivity contribution is 7.47. The Balaban J connectivity index is 5.19. The molecule has 0 spiro atoms. The molecular formula is C77H150O17P2. The molecule has 0 aliphatic rings. The average Bonchev–Trinajstić information content (AvgIpc) is 1.70. The van der Waals surface area contributed by atoms with Gasteiger partial charge in [-0.2, -0.15) is 0 Å². The molecule has 570 valence electrons. The molecule has 0 bridgehead atoms. The largest absolute Gasteiger partial charge is 0.472 e. The Bertz CT molecular complexity index is 1880. The van der Waals surface area contributed by atoms with Crippen molar-refractivity contribution in [3.63, 3.8) is 0 Å². The maximum atomic E-state index is 13.1. The molecule has 0 aromatic rings. The number of esters is 4. The van der Waals surface area contributed by atoms with E-state index in [1.165, 1.54) is 199 Å². The number of rotatable bonds is 75. The summed E-state index contributed by atoms with van der Waals surface area (Å²) in [6, 6.07) is 0. The summed E-state index contributed by atoms with van der Waals surface area (Å²) < 4.78 is 68.5. The summed E-state index contributed by atoms with van der Waals surface area (Å²) in [5.74, 6) is 0.137. The molecule has 0 saturated heterocycles. The first-order valence-corrected chi connectivity index (χ1v) is 43.0. The number of carbonyl (C=O) groups is 4. The minimum absolute atomic E-state index is 0.102. The molecule has 0 rings (SSSR count). The average molecular weight is 1410 g/mol. The van der Waals surface area contributed by atoms with E-state index >= 15 is 0 Å². The molecule has 19 heteroatoms. The van der Waals surface area contributed by atoms with Gasteiger partial charge in [0.1, 0.15) is 19.3 Å². The van der Waals surface area contributed by atoms with Crippen molar-refractivity contribution < 1.29 is 80.2 Å². The first-order valence-electron chi connectivity index (χ1n) is 40.0. The third-order valence-electron chi connectivity index (χ3n) is 19.0. The summed E-state index contributed by atoms with van der Waals surface area (Å²) >= 11 is 0. The van der Waals surface area contributed by atoms with Crippen molar-refractivity contribution in [2.24, 2.45) is 17.8 Å². The van der Waals surface area contributed by atoms with Crippen LogP contribution in [-0.2, 0) is 65.4 Å². The van der Waals surface area contributed by atoms with Crippen molar-refractivity contribution in [3.05, 3.63) is 0 Å². The summed E-state index contributed by atoms with van der Waals surface area (Å²) in [6.45, 7) is 11.8. The van der Waals surface area contributed by atoms with Crippen molar-refractivity contribution >= 4 is 39.5 Å². The molecule has 0 aromatic carbocycles. The van der Waals surface area contributed by atoms with Gasteiger partial charge in [0.2, 0.25) is 0 Å². The van der Waals surface area contributed by atoms with Gasteiger partial charge in [0.15, 0.2) is 12.2 Å². The molecule has 3 N–H and O–H groups in total. The Morgan fingerprint density at radius 2 is 0.500 bits per heavy atom. The van der Waals surface area contributed by atoms with Crippen molar-refractivity contribution in [1.29, 1.82) is 0 Å². The molecule has 0 saturated carbocycles. The number of unbranched alkanes of at least 4 members (excludes halogenated alkanes) is 40. The summed E-state index contributed by atoms with van der Waals surface area (Å²) in [5, 5.41) is 10.6. The summed E-state index contributed by atoms with van der Waals surface area (Å²) in [6.07, 6.45) is 54.4. The number of aliphatic hydroxyl groups is 1. The predicted octanol–water partition coefficient (Wildman–Crippen LogP) is 22.6. The quantitative estimate of drug-likeness (QED) is 0.0222. The molecule has 5 unspecified atom stereocenters. The van der Waals surface area contributed by atoms with Gasteiger partial charge in [-0.15, -0.1) is 0 Å². The Morgan fingerprint density at radius 3 is 0.740 bits per heavy atom. The molecule has 0 fully saturated rings. The van der Waals surface area contributed by atoms with Crippen LogP contribution in [-0.4, -0.2) is 96.7 Å². The Labute approximate surface area is 588 Å². The molecule has 0 radical (unpaired) electrons. The zero-order valence-corrected chi connectivity index (χ0v) is 64.6. The zero-order valence-electron chi connectivity index (χ0n) is 62.8. The van der Waals surface area contributed by atoms with Gasteiger partial charge >= 0.3 is 39.5 Å². The monoisotopic (exact) mass is 1410 g/mol. The van der Waals surface area contributed by atoms with Crippen LogP contribution in [0.1, 0.15) is 395 Å². The van der Waals surface area contributed by atoms with Crippen LogP contribution in [0.25, 0.3) is 0 Å². The molecule has 0 heterocycles. The summed E-state index contributed by atoms with van der Waals surface area (Å²) in [7, 11) is -9.91. The SMILES string of the molecule is CCCCCCCCCCCCCCCCCCCCCCCCC(=O)O[C@H](COC(=O)CCCCCCCCCCCCC(C)CC)COP(=O)(O)OC[C@@H](O)COP(=O)(O)OC[C@@H](COC(=O)CCCCCCCCC(C)CC)OC(=O)CCCCCCCCC(C)CC. The van der Waals surface area contributed by atoms with Crippen LogP contribution in [0.5, 0.6) is 0 Å².